The normalized spacial score (nSPS) is 11.3. The van der Waals surface area contributed by atoms with Crippen LogP contribution >= 0.6 is 11.6 Å². The molecule has 0 radical (unpaired) electrons. The number of benzene rings is 3. The molecular formula is C23H19ClN4O. The maximum absolute atomic E-state index is 13.3. The first-order valence-electron chi connectivity index (χ1n) is 9.12. The van der Waals surface area contributed by atoms with Gasteiger partial charge in [-0.3, -0.25) is 9.36 Å². The van der Waals surface area contributed by atoms with Crippen LogP contribution in [0.15, 0.2) is 82.7 Å². The monoisotopic (exact) mass is 402 g/mol. The van der Waals surface area contributed by atoms with Crippen molar-refractivity contribution >= 4 is 28.7 Å². The number of hydrogen-bond donors (Lipinski definition) is 0. The third kappa shape index (κ3) is 3.91. The fourth-order valence-electron chi connectivity index (χ4n) is 3.06. The van der Waals surface area contributed by atoms with Gasteiger partial charge in [0.1, 0.15) is 5.82 Å². The van der Waals surface area contributed by atoms with Crippen molar-refractivity contribution in [1.82, 2.24) is 14.6 Å². The molecule has 4 aromatic rings. The fourth-order valence-corrected chi connectivity index (χ4v) is 3.18. The summed E-state index contributed by atoms with van der Waals surface area (Å²) in [5.41, 5.74) is 3.06. The second-order valence-corrected chi connectivity index (χ2v) is 7.22. The van der Waals surface area contributed by atoms with Gasteiger partial charge in [0, 0.05) is 24.7 Å². The van der Waals surface area contributed by atoms with Crippen molar-refractivity contribution in [2.45, 2.75) is 0 Å². The lowest BCUT2D eigenvalue weighted by Crippen LogP contribution is -2.21. The molecule has 0 bridgehead atoms. The lowest BCUT2D eigenvalue weighted by Gasteiger charge is -2.14. The van der Waals surface area contributed by atoms with E-state index in [4.69, 9.17) is 16.6 Å². The van der Waals surface area contributed by atoms with Crippen LogP contribution in [0.4, 0.5) is 0 Å². The van der Waals surface area contributed by atoms with Crippen molar-refractivity contribution in [1.29, 1.82) is 0 Å². The Bertz CT molecular complexity index is 1240. The molecule has 0 amide bonds. The standard InChI is InChI=1S/C23H19ClN4O/c1-27(2)25-15-16-7-9-17(10-8-16)22-26-21-6-4-3-5-20(21)23(29)28(22)19-13-11-18(24)12-14-19/h3-15H,1-2H3. The Morgan fingerprint density at radius 3 is 2.34 bits per heavy atom. The molecule has 0 aliphatic heterocycles. The quantitative estimate of drug-likeness (QED) is 0.370. The van der Waals surface area contributed by atoms with Gasteiger partial charge in [-0.15, -0.1) is 0 Å². The van der Waals surface area contributed by atoms with Crippen LogP contribution in [-0.4, -0.2) is 34.9 Å². The van der Waals surface area contributed by atoms with E-state index < -0.39 is 0 Å². The van der Waals surface area contributed by atoms with Crippen molar-refractivity contribution in [3.8, 4) is 17.1 Å². The van der Waals surface area contributed by atoms with E-state index in [9.17, 15) is 4.79 Å². The predicted molar refractivity (Wildman–Crippen MR) is 119 cm³/mol. The number of hydrazone groups is 1. The van der Waals surface area contributed by atoms with E-state index in [0.717, 1.165) is 11.1 Å². The van der Waals surface area contributed by atoms with E-state index in [0.29, 0.717) is 27.4 Å². The van der Waals surface area contributed by atoms with Crippen LogP contribution in [0.1, 0.15) is 5.56 Å². The van der Waals surface area contributed by atoms with E-state index in [1.165, 1.54) is 0 Å². The molecule has 0 unspecified atom stereocenters. The Kier molecular flexibility index (Phi) is 5.14. The van der Waals surface area contributed by atoms with Crippen molar-refractivity contribution in [2.75, 3.05) is 14.1 Å². The summed E-state index contributed by atoms with van der Waals surface area (Å²) in [5.74, 6) is 0.576. The van der Waals surface area contributed by atoms with Crippen molar-refractivity contribution in [2.24, 2.45) is 5.10 Å². The van der Waals surface area contributed by atoms with Crippen molar-refractivity contribution < 1.29 is 0 Å². The molecule has 0 saturated heterocycles. The van der Waals surface area contributed by atoms with Gasteiger partial charge in [0.05, 0.1) is 22.8 Å². The van der Waals surface area contributed by atoms with E-state index in [-0.39, 0.29) is 5.56 Å². The molecule has 0 aliphatic rings. The molecule has 0 fully saturated rings. The molecule has 0 N–H and O–H groups in total. The zero-order valence-corrected chi connectivity index (χ0v) is 16.8. The van der Waals surface area contributed by atoms with Gasteiger partial charge in [0.25, 0.3) is 5.56 Å². The zero-order valence-electron chi connectivity index (χ0n) is 16.1. The van der Waals surface area contributed by atoms with Gasteiger partial charge in [0.15, 0.2) is 0 Å². The van der Waals surface area contributed by atoms with Crippen LogP contribution in [0.25, 0.3) is 28.0 Å². The Morgan fingerprint density at radius 1 is 0.966 bits per heavy atom. The smallest absolute Gasteiger partial charge is 0.266 e. The number of hydrogen-bond acceptors (Lipinski definition) is 4. The Balaban J connectivity index is 1.92. The molecule has 6 heteroatoms. The number of para-hydroxylation sites is 1. The van der Waals surface area contributed by atoms with Crippen LogP contribution in [0.5, 0.6) is 0 Å². The largest absolute Gasteiger partial charge is 0.303 e. The molecule has 4 rings (SSSR count). The summed E-state index contributed by atoms with van der Waals surface area (Å²) in [7, 11) is 3.74. The van der Waals surface area contributed by atoms with Crippen molar-refractivity contribution in [3.05, 3.63) is 93.7 Å². The first kappa shape index (κ1) is 18.9. The van der Waals surface area contributed by atoms with Gasteiger partial charge in [-0.05, 0) is 42.0 Å². The molecule has 0 spiro atoms. The first-order valence-corrected chi connectivity index (χ1v) is 9.50. The lowest BCUT2D eigenvalue weighted by atomic mass is 10.1. The molecule has 144 valence electrons. The summed E-state index contributed by atoms with van der Waals surface area (Å²) in [4.78, 5) is 18.1. The molecule has 0 aliphatic carbocycles. The van der Waals surface area contributed by atoms with Gasteiger partial charge in [-0.1, -0.05) is 48.0 Å². The predicted octanol–water partition coefficient (Wildman–Crippen LogP) is 4.60. The Morgan fingerprint density at radius 2 is 1.66 bits per heavy atom. The molecule has 29 heavy (non-hydrogen) atoms. The van der Waals surface area contributed by atoms with Gasteiger partial charge in [-0.25, -0.2) is 4.98 Å². The molecule has 0 atom stereocenters. The SMILES string of the molecule is CN(C)N=Cc1ccc(-c2nc3ccccc3c(=O)n2-c2ccc(Cl)cc2)cc1. The third-order valence-corrected chi connectivity index (χ3v) is 4.72. The average molecular weight is 403 g/mol. The van der Waals surface area contributed by atoms with Gasteiger partial charge in [-0.2, -0.15) is 5.10 Å². The van der Waals surface area contributed by atoms with Crippen LogP contribution in [0, 0.1) is 0 Å². The van der Waals surface area contributed by atoms with E-state index in [1.807, 2.05) is 68.7 Å². The number of fused-ring (bicyclic) bond motifs is 1. The molecule has 0 saturated carbocycles. The van der Waals surface area contributed by atoms with Crippen LogP contribution in [0.3, 0.4) is 0 Å². The summed E-state index contributed by atoms with van der Waals surface area (Å²) in [6, 6.07) is 22.3. The highest BCUT2D eigenvalue weighted by molar-refractivity contribution is 6.30. The summed E-state index contributed by atoms with van der Waals surface area (Å²) in [6.07, 6.45) is 1.78. The van der Waals surface area contributed by atoms with Crippen LogP contribution in [0.2, 0.25) is 5.02 Å². The third-order valence-electron chi connectivity index (χ3n) is 4.47. The van der Waals surface area contributed by atoms with Gasteiger partial charge < -0.3 is 5.01 Å². The summed E-state index contributed by atoms with van der Waals surface area (Å²) in [5, 5.41) is 7.17. The maximum atomic E-state index is 13.3. The second-order valence-electron chi connectivity index (χ2n) is 6.78. The molecule has 3 aromatic carbocycles. The molecule has 1 heterocycles. The number of halogens is 1. The van der Waals surface area contributed by atoms with Gasteiger partial charge in [0.2, 0.25) is 0 Å². The van der Waals surface area contributed by atoms with E-state index >= 15 is 0 Å². The first-order chi connectivity index (χ1) is 14.0. The maximum Gasteiger partial charge on any atom is 0.266 e. The van der Waals surface area contributed by atoms with Crippen LogP contribution < -0.4 is 5.56 Å². The molecule has 5 nitrogen and oxygen atoms in total. The lowest BCUT2D eigenvalue weighted by molar-refractivity contribution is 0.440. The van der Waals surface area contributed by atoms with E-state index in [1.54, 1.807) is 34.0 Å². The fraction of sp³-hybridized carbons (Fsp3) is 0.0870. The van der Waals surface area contributed by atoms with Gasteiger partial charge >= 0.3 is 0 Å². The highest BCUT2D eigenvalue weighted by Gasteiger charge is 2.14. The van der Waals surface area contributed by atoms with E-state index in [2.05, 4.69) is 5.10 Å². The number of aromatic nitrogens is 2. The van der Waals surface area contributed by atoms with Crippen LogP contribution in [-0.2, 0) is 0 Å². The zero-order chi connectivity index (χ0) is 20.4. The minimum atomic E-state index is -0.119. The number of rotatable bonds is 4. The minimum absolute atomic E-state index is 0.119. The topological polar surface area (TPSA) is 50.5 Å². The average Bonchev–Trinajstić information content (AvgIpc) is 2.73. The molecular weight excluding hydrogens is 384 g/mol. The Labute approximate surface area is 173 Å². The second kappa shape index (κ2) is 7.89. The molecule has 1 aromatic heterocycles. The highest BCUT2D eigenvalue weighted by Crippen LogP contribution is 2.23. The minimum Gasteiger partial charge on any atom is -0.303 e. The summed E-state index contributed by atoms with van der Waals surface area (Å²) in [6.45, 7) is 0. The summed E-state index contributed by atoms with van der Waals surface area (Å²) >= 11 is 6.04. The van der Waals surface area contributed by atoms with Crippen molar-refractivity contribution in [3.63, 3.8) is 0 Å². The number of nitrogens with zero attached hydrogens (tertiary/aromatic N) is 4. The summed E-state index contributed by atoms with van der Waals surface area (Å²) < 4.78 is 1.63. The highest BCUT2D eigenvalue weighted by atomic mass is 35.5. The Hall–Kier alpha value is -3.44.